The van der Waals surface area contributed by atoms with Gasteiger partial charge < -0.3 is 4.90 Å². The summed E-state index contributed by atoms with van der Waals surface area (Å²) in [5.74, 6) is 0. The first-order chi connectivity index (χ1) is 29.6. The van der Waals surface area contributed by atoms with E-state index in [2.05, 4.69) is 219 Å². The maximum absolute atomic E-state index is 2.51. The Hall–Kier alpha value is -7.26. The van der Waals surface area contributed by atoms with Gasteiger partial charge in [-0.2, -0.15) is 0 Å². The molecule has 0 aliphatic heterocycles. The van der Waals surface area contributed by atoms with Gasteiger partial charge in [0.2, 0.25) is 0 Å². The van der Waals surface area contributed by atoms with Crippen LogP contribution in [0.2, 0.25) is 0 Å². The van der Waals surface area contributed by atoms with Gasteiger partial charge in [0.15, 0.2) is 0 Å². The maximum atomic E-state index is 2.51. The van der Waals surface area contributed by atoms with Gasteiger partial charge in [-0.25, -0.2) is 0 Å². The Morgan fingerprint density at radius 2 is 0.700 bits per heavy atom. The molecule has 0 bridgehead atoms. The maximum Gasteiger partial charge on any atom is 0.0540 e. The van der Waals surface area contributed by atoms with E-state index in [1.165, 1.54) is 119 Å². The van der Waals surface area contributed by atoms with Crippen molar-refractivity contribution in [3.8, 4) is 22.3 Å². The van der Waals surface area contributed by atoms with Crippen LogP contribution in [-0.4, -0.2) is 0 Å². The van der Waals surface area contributed by atoms with Crippen LogP contribution >= 0.6 is 11.3 Å². The number of fused-ring (bicyclic) bond motifs is 8. The summed E-state index contributed by atoms with van der Waals surface area (Å²) in [5, 5.41) is 15.1. The third-order valence-corrected chi connectivity index (χ3v) is 13.9. The average molecular weight is 782 g/mol. The minimum Gasteiger partial charge on any atom is -0.309 e. The van der Waals surface area contributed by atoms with Gasteiger partial charge in [0, 0.05) is 36.3 Å². The summed E-state index contributed by atoms with van der Waals surface area (Å²) >= 11 is 1.88. The number of aryl methyl sites for hydroxylation is 2. The van der Waals surface area contributed by atoms with Crippen LogP contribution in [0.15, 0.2) is 200 Å². The van der Waals surface area contributed by atoms with Crippen LogP contribution in [0.3, 0.4) is 0 Å². The molecule has 0 saturated heterocycles. The molecule has 0 N–H and O–H groups in total. The zero-order valence-corrected chi connectivity index (χ0v) is 34.2. The van der Waals surface area contributed by atoms with E-state index in [1.807, 2.05) is 11.3 Å². The third kappa shape index (κ3) is 5.24. The van der Waals surface area contributed by atoms with Crippen LogP contribution in [0, 0.1) is 13.8 Å². The van der Waals surface area contributed by atoms with E-state index in [1.54, 1.807) is 0 Å². The molecule has 1 heterocycles. The molecule has 2 heteroatoms. The van der Waals surface area contributed by atoms with Gasteiger partial charge in [0.05, 0.1) is 17.1 Å². The standard InChI is InChI=1S/C58H39NS/c1-36-27-32-52(42-18-6-3-15-39(36)42)59(53-33-28-37(2)40-16-4-7-19-43(40)53)54-34-31-51(41-17-5-8-20-44(41)54)58-49-24-11-9-22-47(49)57(48-23-10-12-25-50(48)58)38-29-30-46-45-21-13-14-26-55(45)60-56(46)35-38/h3-35H,1-2H3. The number of hydrogen-bond donors (Lipinski definition) is 0. The molecule has 0 saturated carbocycles. The quantitative estimate of drug-likeness (QED) is 0.157. The largest absolute Gasteiger partial charge is 0.309 e. The molecule has 0 aliphatic rings. The zero-order valence-electron chi connectivity index (χ0n) is 33.4. The van der Waals surface area contributed by atoms with Gasteiger partial charge in [0.25, 0.3) is 0 Å². The molecule has 1 aromatic heterocycles. The molecule has 0 spiro atoms. The second-order valence-corrected chi connectivity index (χ2v) is 17.1. The van der Waals surface area contributed by atoms with Gasteiger partial charge in [0.1, 0.15) is 0 Å². The molecule has 0 radical (unpaired) electrons. The molecular formula is C58H39NS. The van der Waals surface area contributed by atoms with Crippen molar-refractivity contribution in [3.05, 3.63) is 211 Å². The molecule has 11 aromatic carbocycles. The SMILES string of the molecule is Cc1ccc(N(c2ccc(C)c3ccccc23)c2ccc(-c3c4ccccc4c(-c4ccc5c(c4)sc4ccccc45)c4ccccc34)c3ccccc23)c2ccccc12. The molecule has 0 fully saturated rings. The number of benzene rings is 11. The second kappa shape index (κ2) is 13.7. The van der Waals surface area contributed by atoms with E-state index in [4.69, 9.17) is 0 Å². The molecule has 12 aromatic rings. The smallest absolute Gasteiger partial charge is 0.0540 e. The van der Waals surface area contributed by atoms with Gasteiger partial charge >= 0.3 is 0 Å². The lowest BCUT2D eigenvalue weighted by molar-refractivity contribution is 1.32. The van der Waals surface area contributed by atoms with Crippen LogP contribution in [0.5, 0.6) is 0 Å². The van der Waals surface area contributed by atoms with Gasteiger partial charge in [-0.15, -0.1) is 11.3 Å². The van der Waals surface area contributed by atoms with Crippen molar-refractivity contribution >= 4 is 102 Å². The first-order valence-electron chi connectivity index (χ1n) is 20.8. The van der Waals surface area contributed by atoms with E-state index in [9.17, 15) is 0 Å². The number of rotatable bonds is 5. The molecule has 0 unspecified atom stereocenters. The predicted octanol–water partition coefficient (Wildman–Crippen LogP) is 17.2. The van der Waals surface area contributed by atoms with Crippen LogP contribution in [0.25, 0.3) is 96.3 Å². The van der Waals surface area contributed by atoms with Crippen LogP contribution in [-0.2, 0) is 0 Å². The summed E-state index contributed by atoms with van der Waals surface area (Å²) in [4.78, 5) is 2.51. The number of hydrogen-bond acceptors (Lipinski definition) is 2. The molecule has 0 aliphatic carbocycles. The normalized spacial score (nSPS) is 11.8. The van der Waals surface area contributed by atoms with Crippen molar-refractivity contribution in [1.29, 1.82) is 0 Å². The molecular weight excluding hydrogens is 743 g/mol. The summed E-state index contributed by atoms with van der Waals surface area (Å²) in [5.41, 5.74) is 11.1. The highest BCUT2D eigenvalue weighted by Gasteiger charge is 2.24. The highest BCUT2D eigenvalue weighted by molar-refractivity contribution is 7.25. The summed E-state index contributed by atoms with van der Waals surface area (Å²) in [7, 11) is 0. The molecule has 282 valence electrons. The Balaban J connectivity index is 1.14. The van der Waals surface area contributed by atoms with Crippen molar-refractivity contribution in [2.75, 3.05) is 4.90 Å². The minimum absolute atomic E-state index is 1.15. The van der Waals surface area contributed by atoms with Gasteiger partial charge in [-0.3, -0.25) is 0 Å². The van der Waals surface area contributed by atoms with Crippen LogP contribution < -0.4 is 4.90 Å². The first kappa shape index (κ1) is 34.8. The molecule has 1 nitrogen and oxygen atoms in total. The fourth-order valence-electron chi connectivity index (χ4n) is 9.95. The summed E-state index contributed by atoms with van der Waals surface area (Å²) in [6.45, 7) is 4.43. The lowest BCUT2D eigenvalue weighted by Gasteiger charge is -2.30. The highest BCUT2D eigenvalue weighted by Crippen LogP contribution is 2.50. The Kier molecular flexibility index (Phi) is 7.91. The van der Waals surface area contributed by atoms with Crippen molar-refractivity contribution in [1.82, 2.24) is 0 Å². The first-order valence-corrected chi connectivity index (χ1v) is 21.6. The Bertz CT molecular complexity index is 3560. The second-order valence-electron chi connectivity index (χ2n) is 16.1. The van der Waals surface area contributed by atoms with Crippen molar-refractivity contribution in [2.45, 2.75) is 13.8 Å². The minimum atomic E-state index is 1.15. The van der Waals surface area contributed by atoms with Crippen molar-refractivity contribution in [2.24, 2.45) is 0 Å². The Labute approximate surface area is 353 Å². The number of thiophene rings is 1. The van der Waals surface area contributed by atoms with E-state index in [0.717, 1.165) is 5.69 Å². The number of nitrogens with zero attached hydrogens (tertiary/aromatic N) is 1. The molecule has 12 rings (SSSR count). The van der Waals surface area contributed by atoms with Gasteiger partial charge in [-0.05, 0) is 115 Å². The van der Waals surface area contributed by atoms with Crippen molar-refractivity contribution in [3.63, 3.8) is 0 Å². The molecule has 0 atom stereocenters. The van der Waals surface area contributed by atoms with E-state index in [0.29, 0.717) is 0 Å². The van der Waals surface area contributed by atoms with E-state index < -0.39 is 0 Å². The Morgan fingerprint density at radius 1 is 0.300 bits per heavy atom. The Morgan fingerprint density at radius 3 is 1.25 bits per heavy atom. The fourth-order valence-corrected chi connectivity index (χ4v) is 11.1. The summed E-state index contributed by atoms with van der Waals surface area (Å²) in [6, 6.07) is 74.5. The monoisotopic (exact) mass is 781 g/mol. The number of anilines is 3. The van der Waals surface area contributed by atoms with Gasteiger partial charge in [-0.1, -0.05) is 170 Å². The van der Waals surface area contributed by atoms with Crippen LogP contribution in [0.4, 0.5) is 17.1 Å². The summed E-state index contributed by atoms with van der Waals surface area (Å²) in [6.07, 6.45) is 0. The lowest BCUT2D eigenvalue weighted by atomic mass is 9.84. The zero-order chi connectivity index (χ0) is 39.9. The topological polar surface area (TPSA) is 3.24 Å². The third-order valence-electron chi connectivity index (χ3n) is 12.7. The molecule has 0 amide bonds. The highest BCUT2D eigenvalue weighted by atomic mass is 32.1. The predicted molar refractivity (Wildman–Crippen MR) is 262 cm³/mol. The van der Waals surface area contributed by atoms with E-state index >= 15 is 0 Å². The molecule has 60 heavy (non-hydrogen) atoms. The van der Waals surface area contributed by atoms with E-state index in [-0.39, 0.29) is 0 Å². The van der Waals surface area contributed by atoms with Crippen LogP contribution in [0.1, 0.15) is 11.1 Å². The van der Waals surface area contributed by atoms with Crippen molar-refractivity contribution < 1.29 is 0 Å². The lowest BCUT2D eigenvalue weighted by Crippen LogP contribution is -2.12. The average Bonchev–Trinajstić information content (AvgIpc) is 3.68. The summed E-state index contributed by atoms with van der Waals surface area (Å²) < 4.78 is 2.65. The fraction of sp³-hybridized carbons (Fsp3) is 0.0345.